The summed E-state index contributed by atoms with van der Waals surface area (Å²) in [7, 11) is 0. The number of amides is 2. The van der Waals surface area contributed by atoms with E-state index < -0.39 is 0 Å². The standard InChI is InChI=1S/C25H20N2O4S/c1-2-30-22-14-17(10-11-21(22)31-13-12-26)15-23-24(28)27(25(29)32-23)16-19-8-5-7-18-6-3-4-9-20(18)19/h3-11,14-15H,2,13,16H2,1H3/b23-15-. The van der Waals surface area contributed by atoms with Crippen LogP contribution in [0.5, 0.6) is 11.5 Å². The van der Waals surface area contributed by atoms with E-state index in [2.05, 4.69) is 0 Å². The molecule has 0 bridgehead atoms. The van der Waals surface area contributed by atoms with Crippen molar-refractivity contribution in [3.05, 3.63) is 76.7 Å². The predicted octanol–water partition coefficient (Wildman–Crippen LogP) is 5.38. The second kappa shape index (κ2) is 9.58. The number of ether oxygens (including phenoxy) is 2. The monoisotopic (exact) mass is 444 g/mol. The predicted molar refractivity (Wildman–Crippen MR) is 124 cm³/mol. The normalized spacial score (nSPS) is 14.8. The van der Waals surface area contributed by atoms with Gasteiger partial charge in [-0.3, -0.25) is 14.5 Å². The fourth-order valence-electron chi connectivity index (χ4n) is 3.50. The molecule has 1 heterocycles. The fraction of sp³-hybridized carbons (Fsp3) is 0.160. The first-order valence-corrected chi connectivity index (χ1v) is 10.9. The second-order valence-corrected chi connectivity index (χ2v) is 7.99. The number of nitriles is 1. The van der Waals surface area contributed by atoms with Gasteiger partial charge in [-0.05, 0) is 58.8 Å². The summed E-state index contributed by atoms with van der Waals surface area (Å²) in [4.78, 5) is 27.2. The average molecular weight is 445 g/mol. The van der Waals surface area contributed by atoms with Gasteiger partial charge in [0, 0.05) is 0 Å². The Kier molecular flexibility index (Phi) is 6.43. The van der Waals surface area contributed by atoms with E-state index in [0.29, 0.717) is 28.6 Å². The maximum atomic E-state index is 13.0. The summed E-state index contributed by atoms with van der Waals surface area (Å²) in [6, 6.07) is 20.9. The molecule has 0 aromatic heterocycles. The highest BCUT2D eigenvalue weighted by atomic mass is 32.2. The summed E-state index contributed by atoms with van der Waals surface area (Å²) < 4.78 is 11.0. The number of carbonyl (C=O) groups excluding carboxylic acids is 2. The zero-order valence-corrected chi connectivity index (χ0v) is 18.2. The SMILES string of the molecule is CCOc1cc(/C=C2\SC(=O)N(Cc3cccc4ccccc34)C2=O)ccc1OCC#N. The van der Waals surface area contributed by atoms with Crippen LogP contribution in [0.15, 0.2) is 65.6 Å². The Hall–Kier alpha value is -3.76. The number of benzene rings is 3. The third kappa shape index (κ3) is 4.46. The minimum Gasteiger partial charge on any atom is -0.490 e. The summed E-state index contributed by atoms with van der Waals surface area (Å²) in [6.45, 7) is 2.40. The number of rotatable bonds is 7. The van der Waals surface area contributed by atoms with Crippen molar-refractivity contribution in [2.24, 2.45) is 0 Å². The first-order valence-electron chi connectivity index (χ1n) is 10.1. The van der Waals surface area contributed by atoms with Crippen LogP contribution in [0.2, 0.25) is 0 Å². The van der Waals surface area contributed by atoms with Crippen molar-refractivity contribution in [3.63, 3.8) is 0 Å². The number of fused-ring (bicyclic) bond motifs is 1. The zero-order chi connectivity index (χ0) is 22.5. The van der Waals surface area contributed by atoms with E-state index >= 15 is 0 Å². The van der Waals surface area contributed by atoms with Crippen molar-refractivity contribution < 1.29 is 19.1 Å². The van der Waals surface area contributed by atoms with Gasteiger partial charge >= 0.3 is 0 Å². The van der Waals surface area contributed by atoms with Crippen LogP contribution in [-0.4, -0.2) is 29.3 Å². The van der Waals surface area contributed by atoms with Crippen LogP contribution in [0.25, 0.3) is 16.8 Å². The van der Waals surface area contributed by atoms with Crippen molar-refractivity contribution in [2.45, 2.75) is 13.5 Å². The molecule has 6 nitrogen and oxygen atoms in total. The second-order valence-electron chi connectivity index (χ2n) is 6.99. The first-order chi connectivity index (χ1) is 15.6. The Morgan fingerprint density at radius 2 is 1.84 bits per heavy atom. The molecule has 0 N–H and O–H groups in total. The van der Waals surface area contributed by atoms with Crippen LogP contribution < -0.4 is 9.47 Å². The van der Waals surface area contributed by atoms with Crippen molar-refractivity contribution in [3.8, 4) is 17.6 Å². The molecule has 0 saturated carbocycles. The Balaban J connectivity index is 1.58. The molecule has 3 aromatic rings. The molecule has 1 saturated heterocycles. The molecule has 0 spiro atoms. The first kappa shape index (κ1) is 21.5. The molecule has 1 aliphatic rings. The van der Waals surface area contributed by atoms with Crippen molar-refractivity contribution >= 4 is 39.8 Å². The molecule has 0 radical (unpaired) electrons. The Morgan fingerprint density at radius 1 is 1.03 bits per heavy atom. The van der Waals surface area contributed by atoms with Gasteiger partial charge in [0.05, 0.1) is 18.1 Å². The average Bonchev–Trinajstić information content (AvgIpc) is 3.06. The molecule has 1 fully saturated rings. The van der Waals surface area contributed by atoms with E-state index in [0.717, 1.165) is 28.1 Å². The van der Waals surface area contributed by atoms with E-state index in [4.69, 9.17) is 14.7 Å². The Bertz CT molecular complexity index is 1260. The van der Waals surface area contributed by atoms with Gasteiger partial charge in [0.1, 0.15) is 6.07 Å². The molecule has 160 valence electrons. The van der Waals surface area contributed by atoms with E-state index in [-0.39, 0.29) is 24.3 Å². The minimum atomic E-state index is -0.323. The summed E-state index contributed by atoms with van der Waals surface area (Å²) in [5, 5.41) is 10.5. The van der Waals surface area contributed by atoms with E-state index in [1.54, 1.807) is 24.3 Å². The summed E-state index contributed by atoms with van der Waals surface area (Å²) in [6.07, 6.45) is 1.67. The van der Waals surface area contributed by atoms with Crippen molar-refractivity contribution in [1.82, 2.24) is 4.90 Å². The van der Waals surface area contributed by atoms with Crippen LogP contribution in [0.4, 0.5) is 4.79 Å². The van der Waals surface area contributed by atoms with E-state index in [1.165, 1.54) is 4.90 Å². The summed E-state index contributed by atoms with van der Waals surface area (Å²) >= 11 is 0.922. The van der Waals surface area contributed by atoms with Gasteiger partial charge < -0.3 is 9.47 Å². The molecule has 3 aromatic carbocycles. The van der Waals surface area contributed by atoms with Gasteiger partial charge in [-0.1, -0.05) is 48.5 Å². The molecule has 2 amide bonds. The number of thioether (sulfide) groups is 1. The highest BCUT2D eigenvalue weighted by Crippen LogP contribution is 2.36. The number of imide groups is 1. The zero-order valence-electron chi connectivity index (χ0n) is 17.4. The topological polar surface area (TPSA) is 79.6 Å². The Morgan fingerprint density at radius 3 is 2.66 bits per heavy atom. The van der Waals surface area contributed by atoms with Crippen LogP contribution in [0, 0.1) is 11.3 Å². The largest absolute Gasteiger partial charge is 0.490 e. The third-order valence-corrected chi connectivity index (χ3v) is 5.85. The molecule has 7 heteroatoms. The fourth-order valence-corrected chi connectivity index (χ4v) is 4.34. The van der Waals surface area contributed by atoms with Crippen molar-refractivity contribution in [1.29, 1.82) is 5.26 Å². The van der Waals surface area contributed by atoms with E-state index in [1.807, 2.05) is 55.5 Å². The van der Waals surface area contributed by atoms with Crippen LogP contribution in [-0.2, 0) is 11.3 Å². The molecule has 4 rings (SSSR count). The van der Waals surface area contributed by atoms with Crippen LogP contribution in [0.3, 0.4) is 0 Å². The molecule has 32 heavy (non-hydrogen) atoms. The number of carbonyl (C=O) groups is 2. The molecule has 1 aliphatic heterocycles. The minimum absolute atomic E-state index is 0.0908. The number of nitrogens with zero attached hydrogens (tertiary/aromatic N) is 2. The quantitative estimate of drug-likeness (QED) is 0.456. The molecule has 0 atom stereocenters. The highest BCUT2D eigenvalue weighted by molar-refractivity contribution is 8.18. The maximum absolute atomic E-state index is 13.0. The highest BCUT2D eigenvalue weighted by Gasteiger charge is 2.35. The van der Waals surface area contributed by atoms with Gasteiger partial charge in [0.25, 0.3) is 11.1 Å². The van der Waals surface area contributed by atoms with Gasteiger partial charge in [0.2, 0.25) is 0 Å². The lowest BCUT2D eigenvalue weighted by Crippen LogP contribution is -2.27. The lowest BCUT2D eigenvalue weighted by molar-refractivity contribution is -0.123. The molecule has 0 unspecified atom stereocenters. The maximum Gasteiger partial charge on any atom is 0.293 e. The van der Waals surface area contributed by atoms with Gasteiger partial charge in [-0.15, -0.1) is 0 Å². The third-order valence-electron chi connectivity index (χ3n) is 4.94. The molecular formula is C25H20N2O4S. The van der Waals surface area contributed by atoms with Crippen molar-refractivity contribution in [2.75, 3.05) is 13.2 Å². The lowest BCUT2D eigenvalue weighted by atomic mass is 10.0. The number of hydrogen-bond donors (Lipinski definition) is 0. The Labute approximate surface area is 190 Å². The summed E-state index contributed by atoms with van der Waals surface area (Å²) in [5.74, 6) is 0.608. The molecular weight excluding hydrogens is 424 g/mol. The van der Waals surface area contributed by atoms with Gasteiger partial charge in [-0.2, -0.15) is 5.26 Å². The van der Waals surface area contributed by atoms with E-state index in [9.17, 15) is 9.59 Å². The summed E-state index contributed by atoms with van der Waals surface area (Å²) in [5.41, 5.74) is 1.62. The molecule has 0 aliphatic carbocycles. The van der Waals surface area contributed by atoms with Gasteiger partial charge in [0.15, 0.2) is 18.1 Å². The van der Waals surface area contributed by atoms with Crippen LogP contribution in [0.1, 0.15) is 18.1 Å². The smallest absolute Gasteiger partial charge is 0.293 e. The number of hydrogen-bond acceptors (Lipinski definition) is 6. The van der Waals surface area contributed by atoms with Crippen LogP contribution >= 0.6 is 11.8 Å². The van der Waals surface area contributed by atoms with Gasteiger partial charge in [-0.25, -0.2) is 0 Å². The lowest BCUT2D eigenvalue weighted by Gasteiger charge is -2.14.